The number of aromatic nitrogens is 4. The van der Waals surface area contributed by atoms with Crippen molar-refractivity contribution in [2.75, 3.05) is 18.4 Å². The minimum Gasteiger partial charge on any atom is -0.384 e. The molecule has 1 aromatic carbocycles. The van der Waals surface area contributed by atoms with Crippen molar-refractivity contribution in [1.82, 2.24) is 24.6 Å². The minimum absolute atomic E-state index is 0.124. The molecule has 0 saturated carbocycles. The van der Waals surface area contributed by atoms with E-state index >= 15 is 0 Å². The summed E-state index contributed by atoms with van der Waals surface area (Å²) in [5, 5.41) is 18.1. The molecular weight excluding hydrogens is 486 g/mol. The normalized spacial score (nSPS) is 14.2. The molecule has 0 spiro atoms. The number of carbonyl (C=O) groups excluding carboxylic acids is 1. The van der Waals surface area contributed by atoms with Crippen molar-refractivity contribution >= 4 is 11.5 Å². The van der Waals surface area contributed by atoms with Crippen LogP contribution in [-0.4, -0.2) is 43.5 Å². The highest BCUT2D eigenvalue weighted by molar-refractivity contribution is 6.00. The molecule has 0 radical (unpaired) electrons. The number of fused-ring (bicyclic) bond motifs is 1. The molecule has 0 atom stereocenters. The highest BCUT2D eigenvalue weighted by Crippen LogP contribution is 2.37. The first kappa shape index (κ1) is 26.3. The number of hydrogen-bond acceptors (Lipinski definition) is 7. The predicted octanol–water partition coefficient (Wildman–Crippen LogP) is 5.11. The van der Waals surface area contributed by atoms with Crippen LogP contribution in [0.4, 0.5) is 5.69 Å². The average Bonchev–Trinajstić information content (AvgIpc) is 3.24. The third-order valence-corrected chi connectivity index (χ3v) is 7.05. The molecular formula is C31H33N7O. The van der Waals surface area contributed by atoms with Gasteiger partial charge in [-0.2, -0.15) is 10.4 Å². The number of benzene rings is 1. The largest absolute Gasteiger partial charge is 0.384 e. The second kappa shape index (κ2) is 11.2. The van der Waals surface area contributed by atoms with Gasteiger partial charge in [-0.1, -0.05) is 26.0 Å². The molecule has 39 heavy (non-hydrogen) atoms. The Balaban J connectivity index is 1.36. The standard InChI is InChI=1S/C31H33N7O/c1-22-30-28(17-31(2,3)18-29(30)39)38(36-22)27-16-24(11-10-23(27)19-32)35-14-15-37(20-25-8-4-6-12-33-25)21-26-9-5-7-13-34-26/h4-13,16,35H,14-15,17-18,20-21H2,1-3H3. The molecule has 4 aromatic rings. The summed E-state index contributed by atoms with van der Waals surface area (Å²) in [5.41, 5.74) is 6.27. The average molecular weight is 520 g/mol. The maximum atomic E-state index is 12.9. The van der Waals surface area contributed by atoms with E-state index in [-0.39, 0.29) is 11.2 Å². The number of nitriles is 1. The zero-order valence-electron chi connectivity index (χ0n) is 22.7. The van der Waals surface area contributed by atoms with Crippen LogP contribution in [0.25, 0.3) is 5.69 Å². The second-order valence-electron chi connectivity index (χ2n) is 10.9. The number of aryl methyl sites for hydroxylation is 1. The second-order valence-corrected chi connectivity index (χ2v) is 10.9. The summed E-state index contributed by atoms with van der Waals surface area (Å²) in [7, 11) is 0. The number of ketones is 1. The molecule has 0 bridgehead atoms. The van der Waals surface area contributed by atoms with Gasteiger partial charge in [0.25, 0.3) is 0 Å². The first-order valence-corrected chi connectivity index (χ1v) is 13.3. The fourth-order valence-corrected chi connectivity index (χ4v) is 5.26. The third-order valence-electron chi connectivity index (χ3n) is 7.05. The summed E-state index contributed by atoms with van der Waals surface area (Å²) in [5.74, 6) is 0.124. The van der Waals surface area contributed by atoms with Crippen molar-refractivity contribution in [1.29, 1.82) is 5.26 Å². The van der Waals surface area contributed by atoms with E-state index < -0.39 is 0 Å². The van der Waals surface area contributed by atoms with Crippen LogP contribution in [0.15, 0.2) is 67.0 Å². The first-order valence-electron chi connectivity index (χ1n) is 13.3. The lowest BCUT2D eigenvalue weighted by Gasteiger charge is -2.29. The van der Waals surface area contributed by atoms with Crippen LogP contribution in [0.5, 0.6) is 0 Å². The van der Waals surface area contributed by atoms with Gasteiger partial charge in [0.1, 0.15) is 6.07 Å². The quantitative estimate of drug-likeness (QED) is 0.328. The van der Waals surface area contributed by atoms with E-state index in [9.17, 15) is 10.1 Å². The van der Waals surface area contributed by atoms with Gasteiger partial charge in [0.15, 0.2) is 5.78 Å². The molecule has 0 saturated heterocycles. The Bertz CT molecular complexity index is 1460. The number of nitrogens with one attached hydrogen (secondary N) is 1. The first-order chi connectivity index (χ1) is 18.8. The maximum Gasteiger partial charge on any atom is 0.167 e. The van der Waals surface area contributed by atoms with Crippen LogP contribution in [-0.2, 0) is 19.5 Å². The Hall–Kier alpha value is -4.35. The molecule has 1 aliphatic rings. The summed E-state index contributed by atoms with van der Waals surface area (Å²) in [6.07, 6.45) is 4.87. The van der Waals surface area contributed by atoms with E-state index in [0.717, 1.165) is 35.7 Å². The van der Waals surface area contributed by atoms with Gasteiger partial charge in [-0.3, -0.25) is 19.7 Å². The SMILES string of the molecule is Cc1nn(-c2cc(NCCN(Cc3ccccn3)Cc3ccccn3)ccc2C#N)c2c1C(=O)CC(C)(C)C2. The lowest BCUT2D eigenvalue weighted by molar-refractivity contribution is 0.0910. The molecule has 1 aliphatic carbocycles. The van der Waals surface area contributed by atoms with Crippen molar-refractivity contribution in [3.63, 3.8) is 0 Å². The third kappa shape index (κ3) is 6.05. The molecule has 8 heteroatoms. The number of rotatable bonds is 9. The molecule has 1 N–H and O–H groups in total. The lowest BCUT2D eigenvalue weighted by atomic mass is 9.75. The van der Waals surface area contributed by atoms with Gasteiger partial charge in [-0.05, 0) is 61.2 Å². The van der Waals surface area contributed by atoms with Crippen LogP contribution >= 0.6 is 0 Å². The van der Waals surface area contributed by atoms with Crippen LogP contribution in [0.2, 0.25) is 0 Å². The molecule has 3 aromatic heterocycles. The zero-order chi connectivity index (χ0) is 27.4. The van der Waals surface area contributed by atoms with E-state index in [1.807, 2.05) is 78.6 Å². The van der Waals surface area contributed by atoms with Crippen molar-refractivity contribution < 1.29 is 4.79 Å². The molecule has 0 fully saturated rings. The zero-order valence-corrected chi connectivity index (χ0v) is 22.7. The molecule has 0 unspecified atom stereocenters. The van der Waals surface area contributed by atoms with Crippen LogP contribution < -0.4 is 5.32 Å². The Morgan fingerprint density at radius 3 is 2.33 bits per heavy atom. The number of carbonyl (C=O) groups is 1. The van der Waals surface area contributed by atoms with Crippen molar-refractivity contribution in [3.8, 4) is 11.8 Å². The van der Waals surface area contributed by atoms with Gasteiger partial charge < -0.3 is 5.32 Å². The van der Waals surface area contributed by atoms with E-state index in [1.165, 1.54) is 0 Å². The molecule has 198 valence electrons. The molecule has 0 amide bonds. The molecule has 3 heterocycles. The summed E-state index contributed by atoms with van der Waals surface area (Å²) >= 11 is 0. The van der Waals surface area contributed by atoms with E-state index in [0.29, 0.717) is 48.6 Å². The van der Waals surface area contributed by atoms with Crippen molar-refractivity contribution in [2.24, 2.45) is 5.41 Å². The van der Waals surface area contributed by atoms with E-state index in [1.54, 1.807) is 0 Å². The predicted molar refractivity (Wildman–Crippen MR) is 151 cm³/mol. The topological polar surface area (TPSA) is 99.7 Å². The Morgan fingerprint density at radius 1 is 1.03 bits per heavy atom. The van der Waals surface area contributed by atoms with Crippen LogP contribution in [0, 0.1) is 23.7 Å². The highest BCUT2D eigenvalue weighted by Gasteiger charge is 2.36. The van der Waals surface area contributed by atoms with Gasteiger partial charge in [-0.15, -0.1) is 0 Å². The summed E-state index contributed by atoms with van der Waals surface area (Å²) < 4.78 is 1.81. The maximum absolute atomic E-state index is 12.9. The Labute approximate surface area is 229 Å². The number of nitrogens with zero attached hydrogens (tertiary/aromatic N) is 6. The number of hydrogen-bond donors (Lipinski definition) is 1. The van der Waals surface area contributed by atoms with Crippen molar-refractivity contribution in [3.05, 3.63) is 101 Å². The van der Waals surface area contributed by atoms with Crippen LogP contribution in [0.1, 0.15) is 59.0 Å². The Morgan fingerprint density at radius 2 is 1.72 bits per heavy atom. The fraction of sp³-hybridized carbons (Fsp3) is 0.323. The number of Topliss-reactive ketones (excluding diaryl/α,β-unsaturated/α-hetero) is 1. The molecule has 8 nitrogen and oxygen atoms in total. The Kier molecular flexibility index (Phi) is 7.53. The number of pyridine rings is 2. The van der Waals surface area contributed by atoms with E-state index in [2.05, 4.69) is 40.1 Å². The smallest absolute Gasteiger partial charge is 0.167 e. The molecule has 5 rings (SSSR count). The van der Waals surface area contributed by atoms with Gasteiger partial charge in [0.2, 0.25) is 0 Å². The van der Waals surface area contributed by atoms with Gasteiger partial charge >= 0.3 is 0 Å². The van der Waals surface area contributed by atoms with Crippen molar-refractivity contribution in [2.45, 2.75) is 46.7 Å². The minimum atomic E-state index is -0.151. The summed E-state index contributed by atoms with van der Waals surface area (Å²) in [6.45, 7) is 8.95. The lowest BCUT2D eigenvalue weighted by Crippen LogP contribution is -2.29. The monoisotopic (exact) mass is 519 g/mol. The van der Waals surface area contributed by atoms with Gasteiger partial charge in [0, 0.05) is 50.7 Å². The highest BCUT2D eigenvalue weighted by atomic mass is 16.1. The van der Waals surface area contributed by atoms with E-state index in [4.69, 9.17) is 5.10 Å². The fourth-order valence-electron chi connectivity index (χ4n) is 5.26. The molecule has 0 aliphatic heterocycles. The van der Waals surface area contributed by atoms with Gasteiger partial charge in [-0.25, -0.2) is 4.68 Å². The van der Waals surface area contributed by atoms with Crippen LogP contribution in [0.3, 0.4) is 0 Å². The van der Waals surface area contributed by atoms with Gasteiger partial charge in [0.05, 0.1) is 39.6 Å². The summed E-state index contributed by atoms with van der Waals surface area (Å²) in [4.78, 5) is 24.2. The summed E-state index contributed by atoms with van der Waals surface area (Å²) in [6, 6.07) is 19.9. The number of anilines is 1.